The highest BCUT2D eigenvalue weighted by Gasteiger charge is 2.14. The number of aryl methyl sites for hydroxylation is 1. The molecule has 1 atom stereocenters. The predicted molar refractivity (Wildman–Crippen MR) is 66.3 cm³/mol. The number of carbonyl (C=O) groups is 2. The zero-order chi connectivity index (χ0) is 13.5. The lowest BCUT2D eigenvalue weighted by atomic mass is 10.1. The fourth-order valence-corrected chi connectivity index (χ4v) is 1.57. The number of benzene rings is 1. The van der Waals surface area contributed by atoms with Crippen molar-refractivity contribution in [2.75, 3.05) is 13.2 Å². The van der Waals surface area contributed by atoms with Crippen molar-refractivity contribution in [2.45, 2.75) is 13.3 Å². The molecule has 0 saturated carbocycles. The summed E-state index contributed by atoms with van der Waals surface area (Å²) in [6.07, 6.45) is -0.162. The van der Waals surface area contributed by atoms with E-state index >= 15 is 0 Å². The minimum absolute atomic E-state index is 0.148. The Kier molecular flexibility index (Phi) is 5.32. The van der Waals surface area contributed by atoms with Gasteiger partial charge in [0, 0.05) is 24.6 Å². The average molecular weight is 251 g/mol. The fourth-order valence-electron chi connectivity index (χ4n) is 1.57. The number of carbonyl (C=O) groups excluding carboxylic acids is 1. The third kappa shape index (κ3) is 4.55. The Morgan fingerprint density at radius 2 is 2.11 bits per heavy atom. The Morgan fingerprint density at radius 3 is 2.67 bits per heavy atom. The molecule has 0 saturated heterocycles. The van der Waals surface area contributed by atoms with Gasteiger partial charge < -0.3 is 15.5 Å². The van der Waals surface area contributed by atoms with Crippen LogP contribution in [0, 0.1) is 12.8 Å². The standard InChI is InChI=1S/C13H17NO4/c1-9-3-2-4-11(5-9)13(18)14-7-10(8-15)6-12(16)17/h2-5,10,15H,6-8H2,1H3,(H,14,18)(H,16,17). The van der Waals surface area contributed by atoms with Gasteiger partial charge >= 0.3 is 5.97 Å². The largest absolute Gasteiger partial charge is 0.481 e. The molecule has 5 nitrogen and oxygen atoms in total. The van der Waals surface area contributed by atoms with Gasteiger partial charge in [-0.15, -0.1) is 0 Å². The zero-order valence-corrected chi connectivity index (χ0v) is 10.2. The van der Waals surface area contributed by atoms with Crippen LogP contribution in [0.4, 0.5) is 0 Å². The Morgan fingerprint density at radius 1 is 1.39 bits per heavy atom. The van der Waals surface area contributed by atoms with Gasteiger partial charge in [0.15, 0.2) is 0 Å². The quantitative estimate of drug-likeness (QED) is 0.698. The Bertz CT molecular complexity index is 431. The van der Waals surface area contributed by atoms with Gasteiger partial charge in [0.05, 0.1) is 6.42 Å². The molecule has 98 valence electrons. The van der Waals surface area contributed by atoms with E-state index in [4.69, 9.17) is 10.2 Å². The number of nitrogens with one attached hydrogen (secondary N) is 1. The molecule has 1 rings (SSSR count). The van der Waals surface area contributed by atoms with Gasteiger partial charge in [-0.05, 0) is 19.1 Å². The SMILES string of the molecule is Cc1cccc(C(=O)NCC(CO)CC(=O)O)c1. The number of aliphatic hydroxyl groups is 1. The second-order valence-corrected chi connectivity index (χ2v) is 4.23. The topological polar surface area (TPSA) is 86.6 Å². The van der Waals surface area contributed by atoms with E-state index in [0.29, 0.717) is 5.56 Å². The molecular formula is C13H17NO4. The molecule has 18 heavy (non-hydrogen) atoms. The molecule has 1 aromatic rings. The lowest BCUT2D eigenvalue weighted by Gasteiger charge is -2.12. The van der Waals surface area contributed by atoms with Crippen LogP contribution in [0.5, 0.6) is 0 Å². The van der Waals surface area contributed by atoms with Crippen molar-refractivity contribution in [3.05, 3.63) is 35.4 Å². The monoisotopic (exact) mass is 251 g/mol. The summed E-state index contributed by atoms with van der Waals surface area (Å²) in [6.45, 7) is 1.77. The number of aliphatic hydroxyl groups excluding tert-OH is 1. The van der Waals surface area contributed by atoms with Crippen LogP contribution < -0.4 is 5.32 Å². The van der Waals surface area contributed by atoms with Gasteiger partial charge in [-0.25, -0.2) is 0 Å². The summed E-state index contributed by atoms with van der Waals surface area (Å²) >= 11 is 0. The van der Waals surface area contributed by atoms with Crippen molar-refractivity contribution in [1.82, 2.24) is 5.32 Å². The molecule has 1 unspecified atom stereocenters. The van der Waals surface area contributed by atoms with Gasteiger partial charge in [-0.3, -0.25) is 9.59 Å². The number of amides is 1. The Labute approximate surface area is 105 Å². The van der Waals surface area contributed by atoms with Crippen molar-refractivity contribution in [3.8, 4) is 0 Å². The molecule has 0 spiro atoms. The van der Waals surface area contributed by atoms with Crippen molar-refractivity contribution in [1.29, 1.82) is 0 Å². The van der Waals surface area contributed by atoms with Gasteiger partial charge in [-0.2, -0.15) is 0 Å². The number of carboxylic acid groups (broad SMARTS) is 1. The van der Waals surface area contributed by atoms with E-state index in [1.54, 1.807) is 18.2 Å². The molecule has 5 heteroatoms. The highest BCUT2D eigenvalue weighted by Crippen LogP contribution is 2.05. The number of carboxylic acids is 1. The van der Waals surface area contributed by atoms with Crippen LogP contribution in [-0.2, 0) is 4.79 Å². The molecular weight excluding hydrogens is 234 g/mol. The van der Waals surface area contributed by atoms with E-state index in [1.807, 2.05) is 13.0 Å². The average Bonchev–Trinajstić information content (AvgIpc) is 2.33. The lowest BCUT2D eigenvalue weighted by Crippen LogP contribution is -2.32. The van der Waals surface area contributed by atoms with E-state index < -0.39 is 11.9 Å². The molecule has 0 aliphatic rings. The molecule has 0 bridgehead atoms. The van der Waals surface area contributed by atoms with Crippen molar-refractivity contribution < 1.29 is 19.8 Å². The van der Waals surface area contributed by atoms with Crippen LogP contribution in [0.1, 0.15) is 22.3 Å². The number of hydrogen-bond donors (Lipinski definition) is 3. The summed E-state index contributed by atoms with van der Waals surface area (Å²) in [5.41, 5.74) is 1.51. The minimum Gasteiger partial charge on any atom is -0.481 e. The zero-order valence-electron chi connectivity index (χ0n) is 10.2. The first-order valence-corrected chi connectivity index (χ1v) is 5.70. The Balaban J connectivity index is 2.52. The van der Waals surface area contributed by atoms with Crippen LogP contribution in [0.2, 0.25) is 0 Å². The van der Waals surface area contributed by atoms with Crippen LogP contribution in [0.3, 0.4) is 0 Å². The molecule has 0 aliphatic heterocycles. The second-order valence-electron chi connectivity index (χ2n) is 4.23. The normalized spacial score (nSPS) is 11.9. The van der Waals surface area contributed by atoms with Gasteiger partial charge in [0.1, 0.15) is 0 Å². The Hall–Kier alpha value is -1.88. The molecule has 0 radical (unpaired) electrons. The highest BCUT2D eigenvalue weighted by molar-refractivity contribution is 5.94. The van der Waals surface area contributed by atoms with Crippen molar-refractivity contribution in [2.24, 2.45) is 5.92 Å². The van der Waals surface area contributed by atoms with Crippen LogP contribution in [0.25, 0.3) is 0 Å². The van der Waals surface area contributed by atoms with E-state index in [9.17, 15) is 9.59 Å². The third-order valence-corrected chi connectivity index (χ3v) is 2.55. The summed E-state index contributed by atoms with van der Waals surface area (Å²) in [5, 5.41) is 20.2. The van der Waals surface area contributed by atoms with Crippen LogP contribution in [-0.4, -0.2) is 35.2 Å². The highest BCUT2D eigenvalue weighted by atomic mass is 16.4. The predicted octanol–water partition coefficient (Wildman–Crippen LogP) is 0.808. The lowest BCUT2D eigenvalue weighted by molar-refractivity contribution is -0.138. The number of rotatable bonds is 6. The summed E-state index contributed by atoms with van der Waals surface area (Å²) < 4.78 is 0. The van der Waals surface area contributed by atoms with Gasteiger partial charge in [0.2, 0.25) is 0 Å². The summed E-state index contributed by atoms with van der Waals surface area (Å²) in [5.74, 6) is -1.71. The fraction of sp³-hybridized carbons (Fsp3) is 0.385. The van der Waals surface area contributed by atoms with Crippen molar-refractivity contribution in [3.63, 3.8) is 0 Å². The maximum absolute atomic E-state index is 11.8. The number of hydrogen-bond acceptors (Lipinski definition) is 3. The molecule has 1 amide bonds. The molecule has 3 N–H and O–H groups in total. The maximum Gasteiger partial charge on any atom is 0.303 e. The number of aliphatic carboxylic acids is 1. The van der Waals surface area contributed by atoms with Gasteiger partial charge in [0.25, 0.3) is 5.91 Å². The minimum atomic E-state index is -0.987. The van der Waals surface area contributed by atoms with E-state index in [1.165, 1.54) is 0 Å². The molecule has 0 fully saturated rings. The first-order chi connectivity index (χ1) is 8.52. The molecule has 1 aromatic carbocycles. The first kappa shape index (κ1) is 14.2. The molecule has 0 aromatic heterocycles. The summed E-state index contributed by atoms with van der Waals surface area (Å²) in [6, 6.07) is 7.11. The van der Waals surface area contributed by atoms with Crippen LogP contribution in [0.15, 0.2) is 24.3 Å². The summed E-state index contributed by atoms with van der Waals surface area (Å²) in [7, 11) is 0. The first-order valence-electron chi connectivity index (χ1n) is 5.70. The summed E-state index contributed by atoms with van der Waals surface area (Å²) in [4.78, 5) is 22.3. The second kappa shape index (κ2) is 6.76. The van der Waals surface area contributed by atoms with E-state index in [2.05, 4.69) is 5.32 Å². The molecule has 0 heterocycles. The molecule has 0 aliphatic carbocycles. The van der Waals surface area contributed by atoms with E-state index in [-0.39, 0.29) is 25.5 Å². The van der Waals surface area contributed by atoms with Crippen molar-refractivity contribution >= 4 is 11.9 Å². The van der Waals surface area contributed by atoms with Gasteiger partial charge in [-0.1, -0.05) is 17.7 Å². The smallest absolute Gasteiger partial charge is 0.303 e. The third-order valence-electron chi connectivity index (χ3n) is 2.55. The van der Waals surface area contributed by atoms with E-state index in [0.717, 1.165) is 5.56 Å². The van der Waals surface area contributed by atoms with Crippen LogP contribution >= 0.6 is 0 Å². The maximum atomic E-state index is 11.8.